The average Bonchev–Trinajstić information content (AvgIpc) is 2.82. The number of hydrogen-bond acceptors (Lipinski definition) is 2. The minimum Gasteiger partial charge on any atom is -0.212 e. The van der Waals surface area contributed by atoms with Crippen LogP contribution in [-0.4, -0.2) is 25.8 Å². The van der Waals surface area contributed by atoms with E-state index in [1.54, 1.807) is 0 Å². The van der Waals surface area contributed by atoms with Gasteiger partial charge in [0.15, 0.2) is 0 Å². The summed E-state index contributed by atoms with van der Waals surface area (Å²) in [5.74, 6) is -0.245. The van der Waals surface area contributed by atoms with Crippen LogP contribution in [0.2, 0.25) is 0 Å². The molecule has 1 aromatic rings. The zero-order valence-electron chi connectivity index (χ0n) is 10.2. The van der Waals surface area contributed by atoms with E-state index in [2.05, 4.69) is 0 Å². The van der Waals surface area contributed by atoms with Crippen LogP contribution in [0, 0.1) is 0 Å². The lowest BCUT2D eigenvalue weighted by molar-refractivity contribution is -0.137. The van der Waals surface area contributed by atoms with Crippen LogP contribution in [-0.2, 0) is 22.0 Å². The highest BCUT2D eigenvalue weighted by Gasteiger charge is 2.30. The SMILES string of the molecule is O=S(=O)(Cc1ccc(C(F)(F)F)cc1)N1CCCC1. The van der Waals surface area contributed by atoms with Gasteiger partial charge in [-0.3, -0.25) is 0 Å². The molecule has 0 amide bonds. The Balaban J connectivity index is 2.11. The smallest absolute Gasteiger partial charge is 0.212 e. The van der Waals surface area contributed by atoms with E-state index in [0.29, 0.717) is 18.7 Å². The van der Waals surface area contributed by atoms with E-state index in [9.17, 15) is 21.6 Å². The lowest BCUT2D eigenvalue weighted by Crippen LogP contribution is -2.29. The summed E-state index contributed by atoms with van der Waals surface area (Å²) in [6.07, 6.45) is -2.72. The molecule has 1 fully saturated rings. The molecule has 0 aliphatic carbocycles. The minimum absolute atomic E-state index is 0.245. The van der Waals surface area contributed by atoms with E-state index >= 15 is 0 Å². The van der Waals surface area contributed by atoms with Crippen molar-refractivity contribution in [2.45, 2.75) is 24.8 Å². The van der Waals surface area contributed by atoms with Crippen LogP contribution in [0.4, 0.5) is 13.2 Å². The number of hydrogen-bond donors (Lipinski definition) is 0. The van der Waals surface area contributed by atoms with E-state index < -0.39 is 21.8 Å². The van der Waals surface area contributed by atoms with Crippen molar-refractivity contribution in [2.24, 2.45) is 0 Å². The largest absolute Gasteiger partial charge is 0.416 e. The molecule has 7 heteroatoms. The molecular weight excluding hydrogens is 279 g/mol. The molecule has 2 rings (SSSR count). The molecule has 0 atom stereocenters. The molecule has 3 nitrogen and oxygen atoms in total. The van der Waals surface area contributed by atoms with Crippen molar-refractivity contribution >= 4 is 10.0 Å². The molecule has 1 aliphatic rings. The molecule has 1 saturated heterocycles. The zero-order chi connectivity index (χ0) is 14.1. The van der Waals surface area contributed by atoms with E-state index in [1.165, 1.54) is 16.4 Å². The topological polar surface area (TPSA) is 37.4 Å². The van der Waals surface area contributed by atoms with Crippen LogP contribution in [0.1, 0.15) is 24.0 Å². The summed E-state index contributed by atoms with van der Waals surface area (Å²) < 4.78 is 62.5. The van der Waals surface area contributed by atoms with Crippen LogP contribution < -0.4 is 0 Å². The van der Waals surface area contributed by atoms with Crippen molar-refractivity contribution in [3.63, 3.8) is 0 Å². The van der Waals surface area contributed by atoms with Gasteiger partial charge in [0, 0.05) is 13.1 Å². The van der Waals surface area contributed by atoms with Crippen molar-refractivity contribution in [2.75, 3.05) is 13.1 Å². The van der Waals surface area contributed by atoms with Gasteiger partial charge < -0.3 is 0 Å². The number of nitrogens with zero attached hydrogens (tertiary/aromatic N) is 1. The van der Waals surface area contributed by atoms with E-state index in [4.69, 9.17) is 0 Å². The molecule has 0 spiro atoms. The lowest BCUT2D eigenvalue weighted by Gasteiger charge is -2.15. The Labute approximate surface area is 110 Å². The number of rotatable bonds is 3. The third-order valence-electron chi connectivity index (χ3n) is 3.09. The molecule has 0 N–H and O–H groups in total. The van der Waals surface area contributed by atoms with Gasteiger partial charge >= 0.3 is 6.18 Å². The average molecular weight is 293 g/mol. The van der Waals surface area contributed by atoms with Gasteiger partial charge in [0.1, 0.15) is 0 Å². The summed E-state index contributed by atoms with van der Waals surface area (Å²) in [4.78, 5) is 0. The monoisotopic (exact) mass is 293 g/mol. The first kappa shape index (κ1) is 14.3. The second kappa shape index (κ2) is 5.13. The highest BCUT2D eigenvalue weighted by atomic mass is 32.2. The summed E-state index contributed by atoms with van der Waals surface area (Å²) in [6.45, 7) is 1.01. The summed E-state index contributed by atoms with van der Waals surface area (Å²) in [5.41, 5.74) is -0.394. The Bertz CT molecular complexity index is 531. The summed E-state index contributed by atoms with van der Waals surface area (Å²) >= 11 is 0. The van der Waals surface area contributed by atoms with Crippen LogP contribution in [0.15, 0.2) is 24.3 Å². The standard InChI is InChI=1S/C12H14F3NO2S/c13-12(14,15)11-5-3-10(4-6-11)9-19(17,18)16-7-1-2-8-16/h3-6H,1-2,7-9H2. The Morgan fingerprint density at radius 3 is 2.05 bits per heavy atom. The minimum atomic E-state index is -4.40. The number of halogens is 3. The molecule has 0 aromatic heterocycles. The molecule has 0 saturated carbocycles. The summed E-state index contributed by atoms with van der Waals surface area (Å²) in [7, 11) is -3.41. The molecule has 0 radical (unpaired) electrons. The third-order valence-corrected chi connectivity index (χ3v) is 4.94. The van der Waals surface area contributed by atoms with Crippen LogP contribution in [0.25, 0.3) is 0 Å². The first-order chi connectivity index (χ1) is 8.79. The first-order valence-corrected chi connectivity index (χ1v) is 7.54. The van der Waals surface area contributed by atoms with Crippen LogP contribution in [0.5, 0.6) is 0 Å². The molecule has 19 heavy (non-hydrogen) atoms. The number of alkyl halides is 3. The fraction of sp³-hybridized carbons (Fsp3) is 0.500. The van der Waals surface area contributed by atoms with Gasteiger partial charge in [0.25, 0.3) is 0 Å². The lowest BCUT2D eigenvalue weighted by atomic mass is 10.1. The van der Waals surface area contributed by atoms with Gasteiger partial charge in [0.2, 0.25) is 10.0 Å². The second-order valence-corrected chi connectivity index (χ2v) is 6.53. The predicted octanol–water partition coefficient (Wildman–Crippen LogP) is 2.63. The molecule has 1 aromatic carbocycles. The fourth-order valence-electron chi connectivity index (χ4n) is 2.06. The predicted molar refractivity (Wildman–Crippen MR) is 64.9 cm³/mol. The van der Waals surface area contributed by atoms with Crippen molar-refractivity contribution in [3.05, 3.63) is 35.4 Å². The van der Waals surface area contributed by atoms with Crippen LogP contribution >= 0.6 is 0 Å². The fourth-order valence-corrected chi connectivity index (χ4v) is 3.67. The number of benzene rings is 1. The van der Waals surface area contributed by atoms with Crippen molar-refractivity contribution < 1.29 is 21.6 Å². The summed E-state index contributed by atoms with van der Waals surface area (Å²) in [6, 6.07) is 4.26. The Hall–Kier alpha value is -1.08. The molecular formula is C12H14F3NO2S. The molecule has 0 bridgehead atoms. The van der Waals surface area contributed by atoms with E-state index in [0.717, 1.165) is 25.0 Å². The molecule has 1 heterocycles. The van der Waals surface area contributed by atoms with Gasteiger partial charge in [0.05, 0.1) is 11.3 Å². The number of sulfonamides is 1. The Morgan fingerprint density at radius 2 is 1.58 bits per heavy atom. The maximum Gasteiger partial charge on any atom is 0.416 e. The zero-order valence-corrected chi connectivity index (χ0v) is 11.0. The third kappa shape index (κ3) is 3.48. The van der Waals surface area contributed by atoms with Crippen molar-refractivity contribution in [1.82, 2.24) is 4.31 Å². The van der Waals surface area contributed by atoms with Crippen LogP contribution in [0.3, 0.4) is 0 Å². The Kier molecular flexibility index (Phi) is 3.87. The summed E-state index contributed by atoms with van der Waals surface area (Å²) in [5, 5.41) is 0. The highest BCUT2D eigenvalue weighted by Crippen LogP contribution is 2.29. The van der Waals surface area contributed by atoms with E-state index in [1.807, 2.05) is 0 Å². The normalized spacial score (nSPS) is 17.8. The van der Waals surface area contributed by atoms with Crippen molar-refractivity contribution in [3.8, 4) is 0 Å². The first-order valence-electron chi connectivity index (χ1n) is 5.93. The second-order valence-electron chi connectivity index (χ2n) is 4.56. The van der Waals surface area contributed by atoms with Gasteiger partial charge in [-0.15, -0.1) is 0 Å². The molecule has 1 aliphatic heterocycles. The molecule has 0 unspecified atom stereocenters. The maximum absolute atomic E-state index is 12.4. The van der Waals surface area contributed by atoms with Gasteiger partial charge in [-0.1, -0.05) is 12.1 Å². The van der Waals surface area contributed by atoms with Crippen molar-refractivity contribution in [1.29, 1.82) is 0 Å². The highest BCUT2D eigenvalue weighted by molar-refractivity contribution is 7.88. The van der Waals surface area contributed by atoms with Gasteiger partial charge in [-0.2, -0.15) is 13.2 Å². The van der Waals surface area contributed by atoms with Gasteiger partial charge in [-0.25, -0.2) is 12.7 Å². The molecule has 106 valence electrons. The quantitative estimate of drug-likeness (QED) is 0.859. The maximum atomic E-state index is 12.4. The van der Waals surface area contributed by atoms with E-state index in [-0.39, 0.29) is 5.75 Å². The Morgan fingerprint density at radius 1 is 1.05 bits per heavy atom. The van der Waals surface area contributed by atoms with Gasteiger partial charge in [-0.05, 0) is 30.5 Å².